The summed E-state index contributed by atoms with van der Waals surface area (Å²) >= 11 is 3.43. The van der Waals surface area contributed by atoms with Crippen LogP contribution in [0.15, 0.2) is 22.7 Å². The number of nitriles is 1. The molecule has 5 heteroatoms. The quantitative estimate of drug-likeness (QED) is 0.796. The van der Waals surface area contributed by atoms with Crippen LogP contribution in [0.3, 0.4) is 0 Å². The van der Waals surface area contributed by atoms with Crippen molar-refractivity contribution in [2.24, 2.45) is 0 Å². The van der Waals surface area contributed by atoms with Crippen LogP contribution in [-0.2, 0) is 4.79 Å². The van der Waals surface area contributed by atoms with Crippen molar-refractivity contribution in [3.63, 3.8) is 0 Å². The molecule has 2 saturated heterocycles. The first-order valence-electron chi connectivity index (χ1n) is 6.43. The summed E-state index contributed by atoms with van der Waals surface area (Å²) < 4.78 is 0.831. The monoisotopic (exact) mass is 319 g/mol. The average molecular weight is 320 g/mol. The molecule has 3 rings (SSSR count). The van der Waals surface area contributed by atoms with E-state index in [9.17, 15) is 10.1 Å². The minimum Gasteiger partial charge on any atom is -0.367 e. The Labute approximate surface area is 120 Å². The number of carbonyl (C=O) groups excluding carboxylic acids is 1. The van der Waals surface area contributed by atoms with Crippen molar-refractivity contribution in [2.75, 3.05) is 24.5 Å². The number of piperazine rings is 1. The summed E-state index contributed by atoms with van der Waals surface area (Å²) in [6.45, 7) is 2.39. The molecule has 0 aromatic heterocycles. The lowest BCUT2D eigenvalue weighted by molar-refractivity contribution is -0.129. The van der Waals surface area contributed by atoms with Crippen molar-refractivity contribution in [1.82, 2.24) is 4.90 Å². The number of fused-ring (bicyclic) bond motifs is 1. The number of amides is 1. The molecular formula is C14H14BrN3O. The largest absolute Gasteiger partial charge is 0.367 e. The van der Waals surface area contributed by atoms with E-state index in [1.54, 1.807) is 0 Å². The molecule has 0 N–H and O–H groups in total. The van der Waals surface area contributed by atoms with Crippen LogP contribution in [-0.4, -0.2) is 36.5 Å². The van der Waals surface area contributed by atoms with Crippen molar-refractivity contribution < 1.29 is 4.79 Å². The lowest BCUT2D eigenvalue weighted by Crippen LogP contribution is -2.51. The highest BCUT2D eigenvalue weighted by Crippen LogP contribution is 2.31. The number of rotatable bonds is 1. The van der Waals surface area contributed by atoms with Crippen LogP contribution >= 0.6 is 15.9 Å². The van der Waals surface area contributed by atoms with Gasteiger partial charge in [0.2, 0.25) is 5.91 Å². The second-order valence-corrected chi connectivity index (χ2v) is 5.83. The molecule has 19 heavy (non-hydrogen) atoms. The maximum absolute atomic E-state index is 11.7. The summed E-state index contributed by atoms with van der Waals surface area (Å²) in [7, 11) is 0. The molecule has 1 aromatic rings. The molecule has 0 bridgehead atoms. The van der Waals surface area contributed by atoms with E-state index in [2.05, 4.69) is 26.9 Å². The Morgan fingerprint density at radius 3 is 3.00 bits per heavy atom. The number of anilines is 1. The number of halogens is 1. The van der Waals surface area contributed by atoms with E-state index in [4.69, 9.17) is 0 Å². The molecule has 0 radical (unpaired) electrons. The van der Waals surface area contributed by atoms with Crippen LogP contribution in [0.4, 0.5) is 5.69 Å². The zero-order chi connectivity index (χ0) is 13.4. The molecule has 98 valence electrons. The Morgan fingerprint density at radius 1 is 1.37 bits per heavy atom. The first-order valence-corrected chi connectivity index (χ1v) is 7.23. The van der Waals surface area contributed by atoms with E-state index < -0.39 is 0 Å². The molecule has 0 spiro atoms. The second kappa shape index (κ2) is 4.86. The van der Waals surface area contributed by atoms with E-state index in [0.717, 1.165) is 36.2 Å². The summed E-state index contributed by atoms with van der Waals surface area (Å²) in [4.78, 5) is 15.9. The first-order chi connectivity index (χ1) is 9.20. The molecule has 1 unspecified atom stereocenters. The minimum absolute atomic E-state index is 0.277. The van der Waals surface area contributed by atoms with Crippen LogP contribution in [0.5, 0.6) is 0 Å². The number of benzene rings is 1. The van der Waals surface area contributed by atoms with Crippen molar-refractivity contribution in [2.45, 2.75) is 18.9 Å². The van der Waals surface area contributed by atoms with Crippen LogP contribution in [0.1, 0.15) is 18.4 Å². The topological polar surface area (TPSA) is 47.3 Å². The van der Waals surface area contributed by atoms with Gasteiger partial charge in [0.15, 0.2) is 0 Å². The Morgan fingerprint density at radius 2 is 2.21 bits per heavy atom. The van der Waals surface area contributed by atoms with Crippen LogP contribution in [0, 0.1) is 11.3 Å². The van der Waals surface area contributed by atoms with Gasteiger partial charge in [-0.3, -0.25) is 4.79 Å². The van der Waals surface area contributed by atoms with Crippen molar-refractivity contribution >= 4 is 27.5 Å². The number of hydrogen-bond acceptors (Lipinski definition) is 3. The molecule has 2 aliphatic rings. The molecule has 1 amide bonds. The SMILES string of the molecule is N#Cc1c(Br)cccc1N1CCN2C(=O)CCC2C1. The number of nitrogens with zero attached hydrogens (tertiary/aromatic N) is 3. The third kappa shape index (κ3) is 2.10. The van der Waals surface area contributed by atoms with E-state index in [1.165, 1.54) is 0 Å². The van der Waals surface area contributed by atoms with Gasteiger partial charge in [-0.15, -0.1) is 0 Å². The predicted octanol–water partition coefficient (Wildman–Crippen LogP) is 2.13. The minimum atomic E-state index is 0.277. The van der Waals surface area contributed by atoms with Crippen LogP contribution < -0.4 is 4.90 Å². The van der Waals surface area contributed by atoms with Crippen LogP contribution in [0.25, 0.3) is 0 Å². The third-order valence-electron chi connectivity index (χ3n) is 3.94. The lowest BCUT2D eigenvalue weighted by atomic mass is 10.1. The zero-order valence-electron chi connectivity index (χ0n) is 10.5. The van der Waals surface area contributed by atoms with Gasteiger partial charge in [-0.1, -0.05) is 6.07 Å². The van der Waals surface area contributed by atoms with Gasteiger partial charge in [-0.2, -0.15) is 5.26 Å². The molecule has 0 saturated carbocycles. The Kier molecular flexibility index (Phi) is 3.19. The van der Waals surface area contributed by atoms with Crippen LogP contribution in [0.2, 0.25) is 0 Å². The highest BCUT2D eigenvalue weighted by Gasteiger charge is 2.36. The van der Waals surface area contributed by atoms with Gasteiger partial charge in [0.25, 0.3) is 0 Å². The van der Waals surface area contributed by atoms with E-state index in [1.807, 2.05) is 23.1 Å². The Balaban J connectivity index is 1.87. The first kappa shape index (κ1) is 12.5. The van der Waals surface area contributed by atoms with Gasteiger partial charge in [0.05, 0.1) is 11.3 Å². The van der Waals surface area contributed by atoms with Gasteiger partial charge in [0, 0.05) is 36.6 Å². The molecule has 2 fully saturated rings. The van der Waals surface area contributed by atoms with Gasteiger partial charge in [-0.25, -0.2) is 0 Å². The molecule has 2 aliphatic heterocycles. The molecular weight excluding hydrogens is 306 g/mol. The Hall–Kier alpha value is -1.54. The van der Waals surface area contributed by atoms with Crippen molar-refractivity contribution in [3.05, 3.63) is 28.2 Å². The molecule has 1 aromatic carbocycles. The van der Waals surface area contributed by atoms with Crippen molar-refractivity contribution in [3.8, 4) is 6.07 Å². The van der Waals surface area contributed by atoms with E-state index >= 15 is 0 Å². The van der Waals surface area contributed by atoms with Gasteiger partial charge in [0.1, 0.15) is 6.07 Å². The number of carbonyl (C=O) groups is 1. The smallest absolute Gasteiger partial charge is 0.223 e. The van der Waals surface area contributed by atoms with E-state index in [-0.39, 0.29) is 5.91 Å². The molecule has 0 aliphatic carbocycles. The number of hydrogen-bond donors (Lipinski definition) is 0. The second-order valence-electron chi connectivity index (χ2n) is 4.97. The maximum atomic E-state index is 11.7. The van der Waals surface area contributed by atoms with Gasteiger partial charge >= 0.3 is 0 Å². The summed E-state index contributed by atoms with van der Waals surface area (Å²) in [5, 5.41) is 9.29. The summed E-state index contributed by atoms with van der Waals surface area (Å²) in [6, 6.07) is 8.39. The highest BCUT2D eigenvalue weighted by atomic mass is 79.9. The lowest BCUT2D eigenvalue weighted by Gasteiger charge is -2.39. The fraction of sp³-hybridized carbons (Fsp3) is 0.429. The zero-order valence-corrected chi connectivity index (χ0v) is 12.1. The predicted molar refractivity (Wildman–Crippen MR) is 75.8 cm³/mol. The molecule has 4 nitrogen and oxygen atoms in total. The normalized spacial score (nSPS) is 22.3. The molecule has 2 heterocycles. The van der Waals surface area contributed by atoms with Gasteiger partial charge < -0.3 is 9.80 Å². The van der Waals surface area contributed by atoms with E-state index in [0.29, 0.717) is 18.0 Å². The fourth-order valence-corrected chi connectivity index (χ4v) is 3.41. The fourth-order valence-electron chi connectivity index (χ4n) is 2.97. The highest BCUT2D eigenvalue weighted by molar-refractivity contribution is 9.10. The van der Waals surface area contributed by atoms with Crippen molar-refractivity contribution in [1.29, 1.82) is 5.26 Å². The maximum Gasteiger partial charge on any atom is 0.223 e. The summed E-state index contributed by atoms with van der Waals surface area (Å²) in [6.07, 6.45) is 1.60. The summed E-state index contributed by atoms with van der Waals surface area (Å²) in [5.41, 5.74) is 1.65. The average Bonchev–Trinajstić information content (AvgIpc) is 2.79. The van der Waals surface area contributed by atoms with Gasteiger partial charge in [-0.05, 0) is 34.5 Å². The molecule has 1 atom stereocenters. The third-order valence-corrected chi connectivity index (χ3v) is 4.60. The Bertz CT molecular complexity index is 566. The summed E-state index contributed by atoms with van der Waals surface area (Å²) in [5.74, 6) is 0.277. The standard InChI is InChI=1S/C14H14BrN3O/c15-12-2-1-3-13(11(12)8-16)17-6-7-18-10(9-17)4-5-14(18)19/h1-3,10H,4-7,9H2.